The van der Waals surface area contributed by atoms with Crippen molar-refractivity contribution < 1.29 is 9.47 Å². The first-order valence-electron chi connectivity index (χ1n) is 5.52. The molecule has 0 atom stereocenters. The first-order chi connectivity index (χ1) is 7.68. The zero-order valence-corrected chi connectivity index (χ0v) is 9.82. The molecule has 1 aliphatic carbocycles. The lowest BCUT2D eigenvalue weighted by molar-refractivity contribution is 0.379. The summed E-state index contributed by atoms with van der Waals surface area (Å²) in [5.74, 6) is 1.56. The molecule has 4 heteroatoms. The third-order valence-corrected chi connectivity index (χ3v) is 3.18. The SMILES string of the molecule is COc1cncc(OC)c1CCC1(N)CC1. The standard InChI is InChI=1S/C12H18N2O2/c1-15-10-7-14-8-11(16-2)9(10)3-4-12(13)5-6-12/h7-8H,3-6,13H2,1-2H3. The highest BCUT2D eigenvalue weighted by atomic mass is 16.5. The minimum atomic E-state index is 0.0549. The molecule has 0 aromatic carbocycles. The molecule has 4 nitrogen and oxygen atoms in total. The molecule has 0 unspecified atom stereocenters. The number of methoxy groups -OCH3 is 2. The molecule has 2 rings (SSSR count). The summed E-state index contributed by atoms with van der Waals surface area (Å²) in [4.78, 5) is 4.07. The molecule has 0 radical (unpaired) electrons. The second kappa shape index (κ2) is 4.29. The summed E-state index contributed by atoms with van der Waals surface area (Å²) in [5, 5.41) is 0. The van der Waals surface area contributed by atoms with Crippen LogP contribution in [-0.4, -0.2) is 24.7 Å². The average Bonchev–Trinajstić information content (AvgIpc) is 3.04. The smallest absolute Gasteiger partial charge is 0.144 e. The van der Waals surface area contributed by atoms with Gasteiger partial charge < -0.3 is 15.2 Å². The fourth-order valence-electron chi connectivity index (χ4n) is 1.83. The van der Waals surface area contributed by atoms with Crippen LogP contribution in [0.25, 0.3) is 0 Å². The Morgan fingerprint density at radius 2 is 1.81 bits per heavy atom. The van der Waals surface area contributed by atoms with E-state index in [4.69, 9.17) is 15.2 Å². The highest BCUT2D eigenvalue weighted by Gasteiger charge is 2.37. The number of hydrogen-bond acceptors (Lipinski definition) is 4. The predicted molar refractivity (Wildman–Crippen MR) is 61.8 cm³/mol. The van der Waals surface area contributed by atoms with Crippen molar-refractivity contribution in [3.05, 3.63) is 18.0 Å². The Morgan fingerprint density at radius 1 is 1.25 bits per heavy atom. The van der Waals surface area contributed by atoms with Crippen molar-refractivity contribution >= 4 is 0 Å². The van der Waals surface area contributed by atoms with Crippen molar-refractivity contribution in [1.82, 2.24) is 4.98 Å². The molecular formula is C12H18N2O2. The van der Waals surface area contributed by atoms with Gasteiger partial charge in [0.15, 0.2) is 0 Å². The van der Waals surface area contributed by atoms with Gasteiger partial charge in [-0.15, -0.1) is 0 Å². The summed E-state index contributed by atoms with van der Waals surface area (Å²) in [6.07, 6.45) is 7.54. The van der Waals surface area contributed by atoms with Crippen LogP contribution in [0.15, 0.2) is 12.4 Å². The van der Waals surface area contributed by atoms with Gasteiger partial charge in [0.25, 0.3) is 0 Å². The highest BCUT2D eigenvalue weighted by molar-refractivity contribution is 5.42. The molecule has 0 bridgehead atoms. The number of rotatable bonds is 5. The fourth-order valence-corrected chi connectivity index (χ4v) is 1.83. The van der Waals surface area contributed by atoms with E-state index in [9.17, 15) is 0 Å². The van der Waals surface area contributed by atoms with Gasteiger partial charge >= 0.3 is 0 Å². The van der Waals surface area contributed by atoms with Crippen molar-refractivity contribution in [2.45, 2.75) is 31.2 Å². The Labute approximate surface area is 95.8 Å². The summed E-state index contributed by atoms with van der Waals surface area (Å²) in [6, 6.07) is 0. The Bertz CT molecular complexity index is 353. The number of hydrogen-bond donors (Lipinski definition) is 1. The lowest BCUT2D eigenvalue weighted by Crippen LogP contribution is -2.22. The van der Waals surface area contributed by atoms with E-state index < -0.39 is 0 Å². The molecule has 1 fully saturated rings. The third-order valence-electron chi connectivity index (χ3n) is 3.18. The monoisotopic (exact) mass is 222 g/mol. The van der Waals surface area contributed by atoms with E-state index in [0.717, 1.165) is 42.7 Å². The minimum absolute atomic E-state index is 0.0549. The maximum Gasteiger partial charge on any atom is 0.144 e. The molecular weight excluding hydrogens is 204 g/mol. The predicted octanol–water partition coefficient (Wildman–Crippen LogP) is 1.52. The number of aromatic nitrogens is 1. The van der Waals surface area contributed by atoms with Crippen molar-refractivity contribution in [2.24, 2.45) is 5.73 Å². The van der Waals surface area contributed by atoms with Gasteiger partial charge in [-0.05, 0) is 25.7 Å². The van der Waals surface area contributed by atoms with Crippen molar-refractivity contribution in [1.29, 1.82) is 0 Å². The minimum Gasteiger partial charge on any atom is -0.495 e. The van der Waals surface area contributed by atoms with Crippen LogP contribution in [0, 0.1) is 0 Å². The van der Waals surface area contributed by atoms with E-state index in [-0.39, 0.29) is 5.54 Å². The lowest BCUT2D eigenvalue weighted by atomic mass is 10.0. The van der Waals surface area contributed by atoms with Gasteiger partial charge in [0.2, 0.25) is 0 Å². The summed E-state index contributed by atoms with van der Waals surface area (Å²) in [5.41, 5.74) is 7.20. The summed E-state index contributed by atoms with van der Waals surface area (Å²) >= 11 is 0. The Morgan fingerprint density at radius 3 is 2.25 bits per heavy atom. The van der Waals surface area contributed by atoms with E-state index in [0.29, 0.717) is 0 Å². The van der Waals surface area contributed by atoms with Gasteiger partial charge in [0.05, 0.1) is 26.6 Å². The molecule has 0 aliphatic heterocycles. The zero-order valence-electron chi connectivity index (χ0n) is 9.82. The highest BCUT2D eigenvalue weighted by Crippen LogP contribution is 2.38. The fraction of sp³-hybridized carbons (Fsp3) is 0.583. The second-order valence-corrected chi connectivity index (χ2v) is 4.38. The normalized spacial score (nSPS) is 16.9. The van der Waals surface area contributed by atoms with Crippen molar-refractivity contribution in [2.75, 3.05) is 14.2 Å². The largest absolute Gasteiger partial charge is 0.495 e. The first-order valence-corrected chi connectivity index (χ1v) is 5.52. The van der Waals surface area contributed by atoms with E-state index in [1.165, 1.54) is 0 Å². The van der Waals surface area contributed by atoms with Crippen LogP contribution in [0.5, 0.6) is 11.5 Å². The van der Waals surface area contributed by atoms with E-state index in [2.05, 4.69) is 4.98 Å². The van der Waals surface area contributed by atoms with E-state index >= 15 is 0 Å². The Balaban J connectivity index is 2.15. The molecule has 1 aliphatic rings. The summed E-state index contributed by atoms with van der Waals surface area (Å²) in [6.45, 7) is 0. The second-order valence-electron chi connectivity index (χ2n) is 4.38. The van der Waals surface area contributed by atoms with Crippen LogP contribution < -0.4 is 15.2 Å². The summed E-state index contributed by atoms with van der Waals surface area (Å²) in [7, 11) is 3.30. The van der Waals surface area contributed by atoms with E-state index in [1.807, 2.05) is 0 Å². The van der Waals surface area contributed by atoms with Gasteiger partial charge in [-0.25, -0.2) is 0 Å². The maximum atomic E-state index is 6.08. The van der Waals surface area contributed by atoms with Gasteiger partial charge in [-0.2, -0.15) is 0 Å². The molecule has 0 saturated heterocycles. The summed E-state index contributed by atoms with van der Waals surface area (Å²) < 4.78 is 10.6. The van der Waals surface area contributed by atoms with Gasteiger partial charge in [0.1, 0.15) is 11.5 Å². The van der Waals surface area contributed by atoms with Crippen LogP contribution in [0.2, 0.25) is 0 Å². The number of nitrogens with two attached hydrogens (primary N) is 1. The Hall–Kier alpha value is -1.29. The molecule has 1 aromatic heterocycles. The number of ether oxygens (including phenoxy) is 2. The van der Waals surface area contributed by atoms with Gasteiger partial charge in [-0.1, -0.05) is 0 Å². The number of pyridine rings is 1. The van der Waals surface area contributed by atoms with Gasteiger partial charge in [0, 0.05) is 11.1 Å². The molecule has 16 heavy (non-hydrogen) atoms. The molecule has 1 saturated carbocycles. The van der Waals surface area contributed by atoms with Crippen molar-refractivity contribution in [3.8, 4) is 11.5 Å². The van der Waals surface area contributed by atoms with Gasteiger partial charge in [-0.3, -0.25) is 4.98 Å². The number of nitrogens with zero attached hydrogens (tertiary/aromatic N) is 1. The van der Waals surface area contributed by atoms with Crippen LogP contribution >= 0.6 is 0 Å². The molecule has 0 amide bonds. The van der Waals surface area contributed by atoms with Crippen LogP contribution in [0.1, 0.15) is 24.8 Å². The molecule has 0 spiro atoms. The molecule has 1 heterocycles. The van der Waals surface area contributed by atoms with E-state index in [1.54, 1.807) is 26.6 Å². The quantitative estimate of drug-likeness (QED) is 0.820. The molecule has 88 valence electrons. The average molecular weight is 222 g/mol. The Kier molecular flexibility index (Phi) is 3.01. The third kappa shape index (κ3) is 2.27. The lowest BCUT2D eigenvalue weighted by Gasteiger charge is -2.14. The maximum absolute atomic E-state index is 6.08. The van der Waals surface area contributed by atoms with Crippen LogP contribution in [0.3, 0.4) is 0 Å². The first kappa shape index (κ1) is 11.2. The molecule has 2 N–H and O–H groups in total. The zero-order chi connectivity index (χ0) is 11.6. The van der Waals surface area contributed by atoms with Crippen LogP contribution in [0.4, 0.5) is 0 Å². The topological polar surface area (TPSA) is 57.4 Å². The van der Waals surface area contributed by atoms with Crippen LogP contribution in [-0.2, 0) is 6.42 Å². The van der Waals surface area contributed by atoms with Crippen molar-refractivity contribution in [3.63, 3.8) is 0 Å². The molecule has 1 aromatic rings.